The van der Waals surface area contributed by atoms with Gasteiger partial charge in [0.25, 0.3) is 5.91 Å². The van der Waals surface area contributed by atoms with Crippen molar-refractivity contribution in [3.8, 4) is 0 Å². The molecule has 1 amide bonds. The lowest BCUT2D eigenvalue weighted by molar-refractivity contribution is -0.124. The minimum Gasteiger partial charge on any atom is -0.296 e. The summed E-state index contributed by atoms with van der Waals surface area (Å²) in [6.45, 7) is 6.51. The summed E-state index contributed by atoms with van der Waals surface area (Å²) in [6.07, 6.45) is 8.41. The number of aryl methyl sites for hydroxylation is 2. The molecule has 1 aromatic heterocycles. The molecule has 1 saturated heterocycles. The van der Waals surface area contributed by atoms with Crippen LogP contribution in [0.3, 0.4) is 0 Å². The molecule has 2 aromatic rings. The summed E-state index contributed by atoms with van der Waals surface area (Å²) >= 11 is 0. The number of rotatable bonds is 8. The molecule has 0 spiro atoms. The maximum Gasteiger partial charge on any atom is 0.267 e. The molecular formula is C22H30N4O2. The Labute approximate surface area is 166 Å². The van der Waals surface area contributed by atoms with Crippen molar-refractivity contribution in [2.75, 3.05) is 13.1 Å². The molecule has 0 unspecified atom stereocenters. The van der Waals surface area contributed by atoms with Crippen LogP contribution in [0.25, 0.3) is 6.08 Å². The molecule has 6 nitrogen and oxygen atoms in total. The van der Waals surface area contributed by atoms with Gasteiger partial charge in [0.1, 0.15) is 0 Å². The van der Waals surface area contributed by atoms with Crippen LogP contribution in [0, 0.1) is 0 Å². The first-order chi connectivity index (χ1) is 13.7. The van der Waals surface area contributed by atoms with Gasteiger partial charge in [-0.2, -0.15) is 5.10 Å². The smallest absolute Gasteiger partial charge is 0.267 e. The van der Waals surface area contributed by atoms with E-state index in [1.54, 1.807) is 11.6 Å². The van der Waals surface area contributed by atoms with Crippen LogP contribution in [-0.4, -0.2) is 39.3 Å². The second-order valence-corrected chi connectivity index (χ2v) is 7.25. The second kappa shape index (κ2) is 9.66. The molecule has 1 aliphatic heterocycles. The zero-order chi connectivity index (χ0) is 19.9. The van der Waals surface area contributed by atoms with Gasteiger partial charge < -0.3 is 0 Å². The van der Waals surface area contributed by atoms with Gasteiger partial charge in [-0.05, 0) is 61.4 Å². The molecule has 0 saturated carbocycles. The standard InChI is InChI=1S/C22H30N4O2/c1-3-19-18(20(4-2)24-23-19)13-15-26-14-5-6-21(26)17-10-7-16(8-11-17)9-12-22(27)25-28/h7-12,21,28H,3-6,13-15H2,1-2H3,(H,23,24)(H,25,27)/b12-9+/t21-/m0/s1. The number of hydrogen-bond donors (Lipinski definition) is 3. The van der Waals surface area contributed by atoms with Gasteiger partial charge in [0.15, 0.2) is 0 Å². The van der Waals surface area contributed by atoms with Crippen molar-refractivity contribution in [2.45, 2.75) is 52.0 Å². The quantitative estimate of drug-likeness (QED) is 0.371. The van der Waals surface area contributed by atoms with E-state index in [2.05, 4.69) is 41.1 Å². The lowest BCUT2D eigenvalue weighted by atomic mass is 10.0. The number of amides is 1. The van der Waals surface area contributed by atoms with Crippen molar-refractivity contribution in [2.24, 2.45) is 0 Å². The Bertz CT molecular complexity index is 789. The minimum absolute atomic E-state index is 0.445. The van der Waals surface area contributed by atoms with Gasteiger partial charge in [0.2, 0.25) is 0 Å². The largest absolute Gasteiger partial charge is 0.296 e. The highest BCUT2D eigenvalue weighted by Gasteiger charge is 2.26. The first-order valence-electron chi connectivity index (χ1n) is 10.2. The minimum atomic E-state index is -0.525. The van der Waals surface area contributed by atoms with Gasteiger partial charge >= 0.3 is 0 Å². The predicted octanol–water partition coefficient (Wildman–Crippen LogP) is 3.43. The Kier molecular flexibility index (Phi) is 7.01. The van der Waals surface area contributed by atoms with Crippen LogP contribution >= 0.6 is 0 Å². The summed E-state index contributed by atoms with van der Waals surface area (Å²) in [4.78, 5) is 13.7. The first-order valence-corrected chi connectivity index (χ1v) is 10.2. The predicted molar refractivity (Wildman–Crippen MR) is 110 cm³/mol. The van der Waals surface area contributed by atoms with Gasteiger partial charge in [0, 0.05) is 24.4 Å². The van der Waals surface area contributed by atoms with Crippen molar-refractivity contribution in [1.29, 1.82) is 0 Å². The highest BCUT2D eigenvalue weighted by molar-refractivity contribution is 5.90. The zero-order valence-corrected chi connectivity index (χ0v) is 16.7. The number of likely N-dealkylation sites (tertiary alicyclic amines) is 1. The van der Waals surface area contributed by atoms with E-state index >= 15 is 0 Å². The van der Waals surface area contributed by atoms with Crippen molar-refractivity contribution in [1.82, 2.24) is 20.6 Å². The summed E-state index contributed by atoms with van der Waals surface area (Å²) in [5, 5.41) is 16.2. The Balaban J connectivity index is 1.65. The fourth-order valence-electron chi connectivity index (χ4n) is 4.09. The molecule has 1 fully saturated rings. The molecule has 150 valence electrons. The normalized spacial score (nSPS) is 17.5. The Morgan fingerprint density at radius 1 is 1.32 bits per heavy atom. The maximum absolute atomic E-state index is 11.1. The third-order valence-electron chi connectivity index (χ3n) is 5.60. The number of hydrogen-bond acceptors (Lipinski definition) is 4. The molecule has 28 heavy (non-hydrogen) atoms. The summed E-state index contributed by atoms with van der Waals surface area (Å²) < 4.78 is 0. The molecule has 3 rings (SSSR count). The van der Waals surface area contributed by atoms with Crippen molar-refractivity contribution in [3.05, 3.63) is 58.4 Å². The average molecular weight is 383 g/mol. The molecule has 1 aliphatic rings. The van der Waals surface area contributed by atoms with E-state index in [0.717, 1.165) is 37.9 Å². The SMILES string of the molecule is CCc1n[nH]c(CC)c1CCN1CCC[C@H]1c1ccc(/C=C/C(=O)NO)cc1. The average Bonchev–Trinajstić information content (AvgIpc) is 3.36. The number of aromatic amines is 1. The lowest BCUT2D eigenvalue weighted by Gasteiger charge is -2.25. The van der Waals surface area contributed by atoms with Gasteiger partial charge in [-0.25, -0.2) is 5.48 Å². The number of H-pyrrole nitrogens is 1. The number of aromatic nitrogens is 2. The van der Waals surface area contributed by atoms with Gasteiger partial charge in [-0.15, -0.1) is 0 Å². The number of hydroxylamine groups is 1. The molecule has 1 aromatic carbocycles. The van der Waals surface area contributed by atoms with Crippen LogP contribution < -0.4 is 5.48 Å². The molecule has 0 bridgehead atoms. The molecular weight excluding hydrogens is 352 g/mol. The third kappa shape index (κ3) is 4.69. The van der Waals surface area contributed by atoms with E-state index in [-0.39, 0.29) is 0 Å². The number of nitrogens with one attached hydrogen (secondary N) is 2. The maximum atomic E-state index is 11.1. The van der Waals surface area contributed by atoms with E-state index in [1.165, 1.54) is 41.4 Å². The van der Waals surface area contributed by atoms with Crippen molar-refractivity contribution in [3.63, 3.8) is 0 Å². The topological polar surface area (TPSA) is 81.2 Å². The summed E-state index contributed by atoms with van der Waals surface area (Å²) in [5.41, 5.74) is 7.74. The van der Waals surface area contributed by atoms with Crippen molar-refractivity contribution >= 4 is 12.0 Å². The molecule has 0 aliphatic carbocycles. The Morgan fingerprint density at radius 3 is 2.79 bits per heavy atom. The highest BCUT2D eigenvalue weighted by atomic mass is 16.5. The van der Waals surface area contributed by atoms with E-state index in [1.807, 2.05) is 12.1 Å². The van der Waals surface area contributed by atoms with Gasteiger partial charge in [-0.1, -0.05) is 38.1 Å². The van der Waals surface area contributed by atoms with Gasteiger partial charge in [0.05, 0.1) is 5.69 Å². The van der Waals surface area contributed by atoms with Crippen LogP contribution in [0.15, 0.2) is 30.3 Å². The van der Waals surface area contributed by atoms with Crippen LogP contribution in [0.5, 0.6) is 0 Å². The Hall–Kier alpha value is -2.44. The van der Waals surface area contributed by atoms with E-state index in [0.29, 0.717) is 6.04 Å². The molecule has 6 heteroatoms. The van der Waals surface area contributed by atoms with Crippen molar-refractivity contribution < 1.29 is 10.0 Å². The number of nitrogens with zero attached hydrogens (tertiary/aromatic N) is 2. The molecule has 3 N–H and O–H groups in total. The zero-order valence-electron chi connectivity index (χ0n) is 16.7. The third-order valence-corrected chi connectivity index (χ3v) is 5.60. The van der Waals surface area contributed by atoms with Crippen LogP contribution in [0.2, 0.25) is 0 Å². The first kappa shape index (κ1) is 20.3. The van der Waals surface area contributed by atoms with Crippen LogP contribution in [0.4, 0.5) is 0 Å². The summed E-state index contributed by atoms with van der Waals surface area (Å²) in [7, 11) is 0. The second-order valence-electron chi connectivity index (χ2n) is 7.25. The highest BCUT2D eigenvalue weighted by Crippen LogP contribution is 2.32. The van der Waals surface area contributed by atoms with E-state index in [9.17, 15) is 4.79 Å². The summed E-state index contributed by atoms with van der Waals surface area (Å²) in [5.74, 6) is -0.525. The summed E-state index contributed by atoms with van der Waals surface area (Å²) in [6, 6.07) is 8.78. The number of carbonyl (C=O) groups excluding carboxylic acids is 1. The van der Waals surface area contributed by atoms with Gasteiger partial charge in [-0.3, -0.25) is 20.0 Å². The fourth-order valence-corrected chi connectivity index (χ4v) is 4.09. The fraction of sp³-hybridized carbons (Fsp3) is 0.455. The molecule has 2 heterocycles. The van der Waals surface area contributed by atoms with E-state index in [4.69, 9.17) is 5.21 Å². The molecule has 1 atom stereocenters. The Morgan fingerprint density at radius 2 is 2.11 bits per heavy atom. The van der Waals surface area contributed by atoms with Crippen LogP contribution in [0.1, 0.15) is 60.8 Å². The lowest BCUT2D eigenvalue weighted by Crippen LogP contribution is -2.26. The number of carbonyl (C=O) groups is 1. The van der Waals surface area contributed by atoms with E-state index < -0.39 is 5.91 Å². The monoisotopic (exact) mass is 382 g/mol. The van der Waals surface area contributed by atoms with Crippen LogP contribution in [-0.2, 0) is 24.1 Å². The number of benzene rings is 1. The molecule has 0 radical (unpaired) electrons.